The molecule has 20 heavy (non-hydrogen) atoms. The number of nitrogens with one attached hydrogen (secondary N) is 1. The van der Waals surface area contributed by atoms with Gasteiger partial charge in [0, 0.05) is 31.8 Å². The molecule has 0 atom stereocenters. The summed E-state index contributed by atoms with van der Waals surface area (Å²) in [5.74, 6) is 2.87. The molecule has 1 aromatic rings. The van der Waals surface area contributed by atoms with Gasteiger partial charge in [-0.1, -0.05) is 0 Å². The first-order valence-electron chi connectivity index (χ1n) is 7.36. The second kappa shape index (κ2) is 6.37. The predicted octanol–water partition coefficient (Wildman–Crippen LogP) is 0.996. The van der Waals surface area contributed by atoms with Gasteiger partial charge in [-0.15, -0.1) is 0 Å². The zero-order chi connectivity index (χ0) is 13.8. The van der Waals surface area contributed by atoms with Crippen LogP contribution < -0.4 is 10.2 Å². The van der Waals surface area contributed by atoms with Crippen molar-refractivity contribution >= 4 is 11.6 Å². The van der Waals surface area contributed by atoms with E-state index in [1.165, 1.54) is 5.56 Å². The summed E-state index contributed by atoms with van der Waals surface area (Å²) in [5.41, 5.74) is 1.23. The maximum absolute atomic E-state index is 5.56. The minimum atomic E-state index is 0.732. The fourth-order valence-corrected chi connectivity index (χ4v) is 2.69. The summed E-state index contributed by atoms with van der Waals surface area (Å²) in [5, 5.41) is 3.39. The van der Waals surface area contributed by atoms with E-state index in [0.717, 1.165) is 76.4 Å². The Bertz CT molecular complexity index is 461. The summed E-state index contributed by atoms with van der Waals surface area (Å²) in [7, 11) is 0. The maximum atomic E-state index is 5.56. The van der Waals surface area contributed by atoms with Crippen molar-refractivity contribution in [1.29, 1.82) is 0 Å². The lowest BCUT2D eigenvalue weighted by Gasteiger charge is -2.30. The Morgan fingerprint density at radius 1 is 1.05 bits per heavy atom. The van der Waals surface area contributed by atoms with E-state index >= 15 is 0 Å². The molecule has 2 aliphatic rings. The molecule has 6 heteroatoms. The third-order valence-corrected chi connectivity index (χ3v) is 3.66. The smallest absolute Gasteiger partial charge is 0.137 e. The van der Waals surface area contributed by atoms with Crippen LogP contribution in [0.3, 0.4) is 0 Å². The Morgan fingerprint density at radius 3 is 2.70 bits per heavy atom. The number of morpholine rings is 1. The van der Waals surface area contributed by atoms with Crippen LogP contribution in [0.4, 0.5) is 11.6 Å². The Labute approximate surface area is 119 Å². The molecule has 110 valence electrons. The molecule has 2 aliphatic heterocycles. The molecular weight excluding hydrogens is 256 g/mol. The first-order chi connectivity index (χ1) is 9.84. The highest BCUT2D eigenvalue weighted by molar-refractivity contribution is 5.60. The highest BCUT2D eigenvalue weighted by Crippen LogP contribution is 2.27. The Kier molecular flexibility index (Phi) is 4.32. The van der Waals surface area contributed by atoms with Crippen molar-refractivity contribution in [3.05, 3.63) is 11.4 Å². The van der Waals surface area contributed by atoms with Gasteiger partial charge >= 0.3 is 0 Å². The van der Waals surface area contributed by atoms with Crippen LogP contribution in [0.25, 0.3) is 0 Å². The van der Waals surface area contributed by atoms with Gasteiger partial charge in [-0.25, -0.2) is 9.97 Å². The molecular formula is C14H22N4O2. The number of aryl methyl sites for hydroxylation is 1. The highest BCUT2D eigenvalue weighted by Gasteiger charge is 2.20. The number of nitrogens with zero attached hydrogens (tertiary/aromatic N) is 3. The quantitative estimate of drug-likeness (QED) is 0.827. The zero-order valence-corrected chi connectivity index (χ0v) is 12.0. The van der Waals surface area contributed by atoms with E-state index in [0.29, 0.717) is 0 Å². The minimum absolute atomic E-state index is 0.732. The average Bonchev–Trinajstić information content (AvgIpc) is 2.59. The van der Waals surface area contributed by atoms with Crippen molar-refractivity contribution in [2.45, 2.75) is 19.8 Å². The van der Waals surface area contributed by atoms with Gasteiger partial charge in [0.25, 0.3) is 0 Å². The van der Waals surface area contributed by atoms with Gasteiger partial charge in [0.2, 0.25) is 0 Å². The minimum Gasteiger partial charge on any atom is -0.380 e. The van der Waals surface area contributed by atoms with Crippen LogP contribution in [-0.4, -0.2) is 56.0 Å². The number of aromatic nitrogens is 2. The standard InChI is InChI=1S/C14H22N4O2/c1-11-16-13-12(3-2-7-19-8-4-15-13)14(17-11)18-5-9-20-10-6-18/h2-10H2,1H3,(H,15,16,17). The Morgan fingerprint density at radius 2 is 1.85 bits per heavy atom. The molecule has 1 aromatic heterocycles. The predicted molar refractivity (Wildman–Crippen MR) is 77.4 cm³/mol. The summed E-state index contributed by atoms with van der Waals surface area (Å²) in [6.45, 7) is 7.63. The second-order valence-corrected chi connectivity index (χ2v) is 5.16. The molecule has 1 fully saturated rings. The van der Waals surface area contributed by atoms with Crippen molar-refractivity contribution in [1.82, 2.24) is 9.97 Å². The van der Waals surface area contributed by atoms with Crippen LogP contribution in [0.1, 0.15) is 17.8 Å². The molecule has 0 unspecified atom stereocenters. The molecule has 6 nitrogen and oxygen atoms in total. The van der Waals surface area contributed by atoms with E-state index in [1.807, 2.05) is 6.92 Å². The van der Waals surface area contributed by atoms with Crippen molar-refractivity contribution in [3.63, 3.8) is 0 Å². The Balaban J connectivity index is 1.94. The van der Waals surface area contributed by atoms with E-state index in [2.05, 4.69) is 15.2 Å². The van der Waals surface area contributed by atoms with E-state index < -0.39 is 0 Å². The molecule has 3 rings (SSSR count). The molecule has 0 spiro atoms. The number of ether oxygens (including phenoxy) is 2. The molecule has 0 aliphatic carbocycles. The molecule has 0 saturated carbocycles. The maximum Gasteiger partial charge on any atom is 0.137 e. The van der Waals surface area contributed by atoms with Gasteiger partial charge in [-0.05, 0) is 19.8 Å². The van der Waals surface area contributed by atoms with E-state index in [-0.39, 0.29) is 0 Å². The lowest BCUT2D eigenvalue weighted by Crippen LogP contribution is -2.37. The summed E-state index contributed by atoms with van der Waals surface area (Å²) >= 11 is 0. The molecule has 0 amide bonds. The second-order valence-electron chi connectivity index (χ2n) is 5.16. The topological polar surface area (TPSA) is 59.5 Å². The average molecular weight is 278 g/mol. The molecule has 1 N–H and O–H groups in total. The summed E-state index contributed by atoms with van der Waals surface area (Å²) in [4.78, 5) is 11.6. The first-order valence-corrected chi connectivity index (χ1v) is 7.36. The van der Waals surface area contributed by atoms with Gasteiger partial charge < -0.3 is 19.7 Å². The number of hydrogen-bond acceptors (Lipinski definition) is 6. The molecule has 0 radical (unpaired) electrons. The van der Waals surface area contributed by atoms with Crippen LogP contribution in [0, 0.1) is 6.92 Å². The molecule has 3 heterocycles. The van der Waals surface area contributed by atoms with Crippen molar-refractivity contribution < 1.29 is 9.47 Å². The van der Waals surface area contributed by atoms with Crippen molar-refractivity contribution in [2.24, 2.45) is 0 Å². The lowest BCUT2D eigenvalue weighted by molar-refractivity contribution is 0.122. The van der Waals surface area contributed by atoms with Crippen LogP contribution in [0.2, 0.25) is 0 Å². The summed E-state index contributed by atoms with van der Waals surface area (Å²) in [6.07, 6.45) is 1.97. The van der Waals surface area contributed by atoms with E-state index in [4.69, 9.17) is 14.5 Å². The lowest BCUT2D eigenvalue weighted by atomic mass is 10.1. The number of rotatable bonds is 1. The summed E-state index contributed by atoms with van der Waals surface area (Å²) in [6, 6.07) is 0. The first kappa shape index (κ1) is 13.6. The summed E-state index contributed by atoms with van der Waals surface area (Å²) < 4.78 is 11.0. The largest absolute Gasteiger partial charge is 0.380 e. The number of hydrogen-bond donors (Lipinski definition) is 1. The highest BCUT2D eigenvalue weighted by atomic mass is 16.5. The molecule has 0 aromatic carbocycles. The van der Waals surface area contributed by atoms with Crippen LogP contribution in [0.5, 0.6) is 0 Å². The Hall–Kier alpha value is -1.40. The van der Waals surface area contributed by atoms with Crippen LogP contribution in [0.15, 0.2) is 0 Å². The van der Waals surface area contributed by atoms with Gasteiger partial charge in [0.05, 0.1) is 19.8 Å². The molecule has 0 bridgehead atoms. The van der Waals surface area contributed by atoms with E-state index in [1.54, 1.807) is 0 Å². The fraction of sp³-hybridized carbons (Fsp3) is 0.714. The van der Waals surface area contributed by atoms with Crippen LogP contribution in [-0.2, 0) is 15.9 Å². The number of fused-ring (bicyclic) bond motifs is 1. The SMILES string of the molecule is Cc1nc2c(c(N3CCOCC3)n1)CCCOCCN2. The monoisotopic (exact) mass is 278 g/mol. The fourth-order valence-electron chi connectivity index (χ4n) is 2.69. The number of anilines is 2. The third-order valence-electron chi connectivity index (χ3n) is 3.66. The zero-order valence-electron chi connectivity index (χ0n) is 12.0. The van der Waals surface area contributed by atoms with Crippen molar-refractivity contribution in [2.75, 3.05) is 56.3 Å². The van der Waals surface area contributed by atoms with Gasteiger partial charge in [0.15, 0.2) is 0 Å². The van der Waals surface area contributed by atoms with Crippen molar-refractivity contribution in [3.8, 4) is 0 Å². The van der Waals surface area contributed by atoms with E-state index in [9.17, 15) is 0 Å². The van der Waals surface area contributed by atoms with Gasteiger partial charge in [0.1, 0.15) is 17.5 Å². The normalized spacial score (nSPS) is 20.4. The van der Waals surface area contributed by atoms with Gasteiger partial charge in [-0.2, -0.15) is 0 Å². The van der Waals surface area contributed by atoms with Crippen LogP contribution >= 0.6 is 0 Å². The third kappa shape index (κ3) is 3.02. The molecule has 1 saturated heterocycles. The van der Waals surface area contributed by atoms with Gasteiger partial charge in [-0.3, -0.25) is 0 Å².